The molecule has 2 fully saturated rings. The van der Waals surface area contributed by atoms with Crippen LogP contribution in [-0.2, 0) is 14.8 Å². The molecule has 0 bridgehead atoms. The number of hydrogen-bond acceptors (Lipinski definition) is 4. The largest absolute Gasteiger partial charge is 0.326 e. The predicted octanol–water partition coefficient (Wildman–Crippen LogP) is 3.34. The van der Waals surface area contributed by atoms with Gasteiger partial charge in [0.1, 0.15) is 17.7 Å². The van der Waals surface area contributed by atoms with Gasteiger partial charge in [-0.2, -0.15) is 0 Å². The third-order valence-corrected chi connectivity index (χ3v) is 8.36. The highest BCUT2D eigenvalue weighted by Crippen LogP contribution is 2.39. The Morgan fingerprint density at radius 1 is 1.09 bits per heavy atom. The number of amides is 1. The summed E-state index contributed by atoms with van der Waals surface area (Å²) in [7, 11) is -3.66. The molecule has 0 unspecified atom stereocenters. The van der Waals surface area contributed by atoms with Gasteiger partial charge < -0.3 is 9.80 Å². The number of carbonyl (C=O) groups excluding carboxylic acids is 1. The van der Waals surface area contributed by atoms with Crippen molar-refractivity contribution in [2.24, 2.45) is 5.92 Å². The highest BCUT2D eigenvalue weighted by molar-refractivity contribution is 7.89. The standard InChI is InChI=1S/C26H29F2N3O3S/c27-21-9-10-23(28)22(16-21)20-15-24(18-5-2-1-3-6-18)31(17-20)26(32)25(19-7-8-19)29-35(33,34)14-13-30-11-4-12-30/h1-3,5-6,9-10,15-16,19,24-25,29H,4,7-8,11-14,17H2/t24-,25-/m0/s1. The molecule has 0 spiro atoms. The van der Waals surface area contributed by atoms with Crippen molar-refractivity contribution < 1.29 is 22.0 Å². The monoisotopic (exact) mass is 501 g/mol. The summed E-state index contributed by atoms with van der Waals surface area (Å²) >= 11 is 0. The fraction of sp³-hybridized carbons (Fsp3) is 0.423. The molecule has 2 aromatic rings. The van der Waals surface area contributed by atoms with Crippen LogP contribution in [0.2, 0.25) is 0 Å². The summed E-state index contributed by atoms with van der Waals surface area (Å²) in [6, 6.07) is 11.2. The lowest BCUT2D eigenvalue weighted by Crippen LogP contribution is -2.51. The fourth-order valence-electron chi connectivity index (χ4n) is 4.74. The van der Waals surface area contributed by atoms with E-state index >= 15 is 0 Å². The molecule has 2 aliphatic heterocycles. The Kier molecular flexibility index (Phi) is 6.74. The number of hydrogen-bond donors (Lipinski definition) is 1. The molecule has 2 heterocycles. The van der Waals surface area contributed by atoms with Crippen LogP contribution in [0.25, 0.3) is 5.57 Å². The van der Waals surface area contributed by atoms with Gasteiger partial charge in [-0.1, -0.05) is 36.4 Å². The van der Waals surface area contributed by atoms with Gasteiger partial charge in [0.25, 0.3) is 0 Å². The Bertz CT molecular complexity index is 1230. The summed E-state index contributed by atoms with van der Waals surface area (Å²) in [6.45, 7) is 2.32. The van der Waals surface area contributed by atoms with E-state index < -0.39 is 33.7 Å². The quantitative estimate of drug-likeness (QED) is 0.572. The van der Waals surface area contributed by atoms with Gasteiger partial charge in [-0.25, -0.2) is 21.9 Å². The van der Waals surface area contributed by atoms with E-state index in [1.54, 1.807) is 11.0 Å². The molecule has 186 valence electrons. The van der Waals surface area contributed by atoms with E-state index in [1.165, 1.54) is 0 Å². The molecule has 1 saturated carbocycles. The number of rotatable bonds is 9. The summed E-state index contributed by atoms with van der Waals surface area (Å²) in [6.07, 6.45) is 4.39. The molecule has 5 rings (SSSR count). The molecule has 0 radical (unpaired) electrons. The lowest BCUT2D eigenvalue weighted by Gasteiger charge is -2.31. The van der Waals surface area contributed by atoms with E-state index in [2.05, 4.69) is 9.62 Å². The first kappa shape index (κ1) is 24.1. The van der Waals surface area contributed by atoms with E-state index in [0.717, 1.165) is 56.1 Å². The fourth-order valence-corrected chi connectivity index (χ4v) is 6.04. The lowest BCUT2D eigenvalue weighted by molar-refractivity contribution is -0.134. The second-order valence-corrected chi connectivity index (χ2v) is 11.5. The molecular weight excluding hydrogens is 472 g/mol. The zero-order chi connectivity index (χ0) is 24.6. The maximum Gasteiger partial charge on any atom is 0.242 e. The number of benzene rings is 2. The highest BCUT2D eigenvalue weighted by Gasteiger charge is 2.43. The number of carbonyl (C=O) groups is 1. The molecule has 9 heteroatoms. The third kappa shape index (κ3) is 5.47. The zero-order valence-electron chi connectivity index (χ0n) is 19.4. The van der Waals surface area contributed by atoms with E-state index in [4.69, 9.17) is 0 Å². The van der Waals surface area contributed by atoms with Gasteiger partial charge in [0.05, 0.1) is 11.8 Å². The summed E-state index contributed by atoms with van der Waals surface area (Å²) in [5, 5.41) is 0. The van der Waals surface area contributed by atoms with Crippen LogP contribution < -0.4 is 4.72 Å². The molecular formula is C26H29F2N3O3S. The van der Waals surface area contributed by atoms with Gasteiger partial charge in [0, 0.05) is 18.7 Å². The van der Waals surface area contributed by atoms with E-state index in [9.17, 15) is 22.0 Å². The minimum atomic E-state index is -3.66. The number of sulfonamides is 1. The minimum absolute atomic E-state index is 0.0520. The molecule has 2 aromatic carbocycles. The number of likely N-dealkylation sites (tertiary alicyclic amines) is 1. The van der Waals surface area contributed by atoms with Gasteiger partial charge >= 0.3 is 0 Å². The van der Waals surface area contributed by atoms with Gasteiger partial charge in [-0.05, 0) is 67.6 Å². The Morgan fingerprint density at radius 2 is 1.83 bits per heavy atom. The van der Waals surface area contributed by atoms with Gasteiger partial charge in [-0.3, -0.25) is 4.79 Å². The SMILES string of the molecule is O=C([C@@H](NS(=O)(=O)CCN1CCC1)C1CC1)N1CC(c2cc(F)ccc2F)=C[C@H]1c1ccccc1. The number of nitrogens with one attached hydrogen (secondary N) is 1. The van der Waals surface area contributed by atoms with E-state index in [-0.39, 0.29) is 29.7 Å². The lowest BCUT2D eigenvalue weighted by atomic mass is 10.0. The smallest absolute Gasteiger partial charge is 0.242 e. The van der Waals surface area contributed by atoms with Crippen molar-refractivity contribution in [2.75, 3.05) is 31.9 Å². The van der Waals surface area contributed by atoms with Crippen LogP contribution in [0, 0.1) is 17.6 Å². The van der Waals surface area contributed by atoms with Gasteiger partial charge in [-0.15, -0.1) is 0 Å². The molecule has 1 saturated heterocycles. The Hall–Kier alpha value is -2.62. The first-order valence-electron chi connectivity index (χ1n) is 12.0. The molecule has 6 nitrogen and oxygen atoms in total. The maximum atomic E-state index is 14.6. The topological polar surface area (TPSA) is 69.7 Å². The van der Waals surface area contributed by atoms with Crippen LogP contribution >= 0.6 is 0 Å². The molecule has 1 aliphatic carbocycles. The average molecular weight is 502 g/mol. The van der Waals surface area contributed by atoms with Crippen molar-refractivity contribution in [3.8, 4) is 0 Å². The van der Waals surface area contributed by atoms with Crippen LogP contribution in [-0.4, -0.2) is 62.1 Å². The molecule has 35 heavy (non-hydrogen) atoms. The highest BCUT2D eigenvalue weighted by atomic mass is 32.2. The first-order valence-corrected chi connectivity index (χ1v) is 13.7. The number of halogens is 2. The van der Waals surface area contributed by atoms with Crippen LogP contribution in [0.15, 0.2) is 54.6 Å². The van der Waals surface area contributed by atoms with Crippen molar-refractivity contribution in [1.29, 1.82) is 0 Å². The van der Waals surface area contributed by atoms with Gasteiger partial charge in [0.15, 0.2) is 0 Å². The van der Waals surface area contributed by atoms with Gasteiger partial charge in [0.2, 0.25) is 15.9 Å². The summed E-state index contributed by atoms with van der Waals surface area (Å²) < 4.78 is 56.9. The number of nitrogens with zero attached hydrogens (tertiary/aromatic N) is 2. The van der Waals surface area contributed by atoms with Crippen LogP contribution in [0.3, 0.4) is 0 Å². The van der Waals surface area contributed by atoms with Crippen molar-refractivity contribution in [3.05, 3.63) is 77.4 Å². The molecule has 1 N–H and O–H groups in total. The molecule has 0 aromatic heterocycles. The Labute approximate surface area is 204 Å². The van der Waals surface area contributed by atoms with Crippen molar-refractivity contribution in [3.63, 3.8) is 0 Å². The molecule has 3 aliphatic rings. The normalized spacial score (nSPS) is 21.5. The maximum absolute atomic E-state index is 14.6. The summed E-state index contributed by atoms with van der Waals surface area (Å²) in [4.78, 5) is 17.5. The zero-order valence-corrected chi connectivity index (χ0v) is 20.2. The average Bonchev–Trinajstić information content (AvgIpc) is 3.56. The Balaban J connectivity index is 1.40. The van der Waals surface area contributed by atoms with Crippen LogP contribution in [0.1, 0.15) is 36.4 Å². The summed E-state index contributed by atoms with van der Waals surface area (Å²) in [5.41, 5.74) is 1.43. The Morgan fingerprint density at radius 3 is 2.49 bits per heavy atom. The van der Waals surface area contributed by atoms with Crippen molar-refractivity contribution in [2.45, 2.75) is 31.3 Å². The predicted molar refractivity (Wildman–Crippen MR) is 130 cm³/mol. The van der Waals surface area contributed by atoms with Crippen molar-refractivity contribution in [1.82, 2.24) is 14.5 Å². The van der Waals surface area contributed by atoms with E-state index in [1.807, 2.05) is 30.3 Å². The first-order chi connectivity index (χ1) is 16.8. The second kappa shape index (κ2) is 9.79. The second-order valence-electron chi connectivity index (χ2n) is 9.58. The van der Waals surface area contributed by atoms with E-state index in [0.29, 0.717) is 12.1 Å². The van der Waals surface area contributed by atoms with Crippen molar-refractivity contribution >= 4 is 21.5 Å². The van der Waals surface area contributed by atoms with Crippen LogP contribution in [0.5, 0.6) is 0 Å². The summed E-state index contributed by atoms with van der Waals surface area (Å²) in [5.74, 6) is -1.58. The molecule has 1 amide bonds. The third-order valence-electron chi connectivity index (χ3n) is 7.02. The van der Waals surface area contributed by atoms with Crippen LogP contribution in [0.4, 0.5) is 8.78 Å². The minimum Gasteiger partial charge on any atom is -0.326 e. The molecule has 2 atom stereocenters.